The molecule has 7 nitrogen and oxygen atoms in total. The number of carboxylic acids is 1. The van der Waals surface area contributed by atoms with Gasteiger partial charge in [-0.05, 0) is 24.6 Å². The Hall–Kier alpha value is -3.13. The number of ether oxygens (including phenoxy) is 1. The van der Waals surface area contributed by atoms with Gasteiger partial charge in [0.05, 0.1) is 5.56 Å². The molecule has 1 aromatic heterocycles. The summed E-state index contributed by atoms with van der Waals surface area (Å²) in [6, 6.07) is 14.4. The predicted octanol–water partition coefficient (Wildman–Crippen LogP) is 5.41. The SMILES string of the molecule is CCCCCCSc1nnc2c(n1)OC(c1ccc(C(=O)O)cc1)Nc1ccccc1-2. The van der Waals surface area contributed by atoms with Crippen molar-refractivity contribution >= 4 is 23.4 Å². The van der Waals surface area contributed by atoms with E-state index in [0.717, 1.165) is 29.0 Å². The number of para-hydroxylation sites is 1. The van der Waals surface area contributed by atoms with Gasteiger partial charge in [0.2, 0.25) is 11.0 Å². The fourth-order valence-electron chi connectivity index (χ4n) is 3.35. The first-order chi connectivity index (χ1) is 15.2. The van der Waals surface area contributed by atoms with Crippen molar-refractivity contribution in [2.24, 2.45) is 0 Å². The van der Waals surface area contributed by atoms with Gasteiger partial charge in [-0.25, -0.2) is 4.79 Å². The molecule has 2 aromatic carbocycles. The zero-order chi connectivity index (χ0) is 21.6. The van der Waals surface area contributed by atoms with Crippen LogP contribution in [-0.2, 0) is 0 Å². The number of unbranched alkanes of at least 4 members (excludes halogenated alkanes) is 3. The minimum atomic E-state index is -0.963. The van der Waals surface area contributed by atoms with Crippen molar-refractivity contribution in [1.82, 2.24) is 15.2 Å². The van der Waals surface area contributed by atoms with Gasteiger partial charge in [-0.3, -0.25) is 0 Å². The molecular formula is C23H24N4O3S. The Bertz CT molecular complexity index is 1060. The van der Waals surface area contributed by atoms with Gasteiger partial charge in [-0.1, -0.05) is 68.3 Å². The molecule has 0 fully saturated rings. The molecule has 0 aliphatic carbocycles. The van der Waals surface area contributed by atoms with Gasteiger partial charge >= 0.3 is 5.97 Å². The third kappa shape index (κ3) is 4.96. The number of nitrogens with zero attached hydrogens (tertiary/aromatic N) is 3. The summed E-state index contributed by atoms with van der Waals surface area (Å²) < 4.78 is 6.23. The van der Waals surface area contributed by atoms with Crippen LogP contribution < -0.4 is 10.1 Å². The van der Waals surface area contributed by atoms with Gasteiger partial charge in [-0.15, -0.1) is 10.2 Å². The van der Waals surface area contributed by atoms with Crippen LogP contribution in [0.3, 0.4) is 0 Å². The number of fused-ring (bicyclic) bond motifs is 3. The van der Waals surface area contributed by atoms with Crippen LogP contribution in [0.5, 0.6) is 5.88 Å². The van der Waals surface area contributed by atoms with Crippen molar-refractivity contribution in [3.05, 3.63) is 59.7 Å². The van der Waals surface area contributed by atoms with Gasteiger partial charge in [0.25, 0.3) is 0 Å². The Morgan fingerprint density at radius 1 is 1.10 bits per heavy atom. The molecule has 0 spiro atoms. The van der Waals surface area contributed by atoms with Crippen molar-refractivity contribution in [3.63, 3.8) is 0 Å². The smallest absolute Gasteiger partial charge is 0.335 e. The monoisotopic (exact) mass is 436 g/mol. The minimum Gasteiger partial charge on any atom is -0.478 e. The molecule has 3 aromatic rings. The number of aromatic carboxylic acids is 1. The highest BCUT2D eigenvalue weighted by molar-refractivity contribution is 7.99. The minimum absolute atomic E-state index is 0.226. The number of carboxylic acid groups (broad SMARTS) is 1. The van der Waals surface area contributed by atoms with Gasteiger partial charge in [-0.2, -0.15) is 4.98 Å². The van der Waals surface area contributed by atoms with Crippen LogP contribution >= 0.6 is 11.8 Å². The van der Waals surface area contributed by atoms with Crippen LogP contribution in [0.2, 0.25) is 0 Å². The first-order valence-electron chi connectivity index (χ1n) is 10.4. The lowest BCUT2D eigenvalue weighted by Gasteiger charge is -2.19. The highest BCUT2D eigenvalue weighted by atomic mass is 32.2. The second-order valence-electron chi connectivity index (χ2n) is 7.27. The van der Waals surface area contributed by atoms with E-state index in [-0.39, 0.29) is 5.56 Å². The third-order valence-electron chi connectivity index (χ3n) is 5.02. The number of nitrogens with one attached hydrogen (secondary N) is 1. The quantitative estimate of drug-likeness (QED) is 0.357. The van der Waals surface area contributed by atoms with Crippen LogP contribution in [0.15, 0.2) is 53.7 Å². The second-order valence-corrected chi connectivity index (χ2v) is 8.33. The summed E-state index contributed by atoms with van der Waals surface area (Å²) in [6.07, 6.45) is 4.21. The van der Waals surface area contributed by atoms with Crippen molar-refractivity contribution in [3.8, 4) is 17.1 Å². The molecule has 31 heavy (non-hydrogen) atoms. The molecule has 1 unspecified atom stereocenters. The Morgan fingerprint density at radius 2 is 1.90 bits per heavy atom. The molecule has 0 saturated heterocycles. The molecule has 0 amide bonds. The number of carbonyl (C=O) groups is 1. The average Bonchev–Trinajstić information content (AvgIpc) is 2.95. The fourth-order valence-corrected chi connectivity index (χ4v) is 4.13. The summed E-state index contributed by atoms with van der Waals surface area (Å²) in [6.45, 7) is 2.20. The average molecular weight is 437 g/mol. The van der Waals surface area contributed by atoms with E-state index in [9.17, 15) is 4.79 Å². The summed E-state index contributed by atoms with van der Waals surface area (Å²) >= 11 is 1.58. The molecule has 0 bridgehead atoms. The molecule has 2 heterocycles. The van der Waals surface area contributed by atoms with Crippen LogP contribution in [-0.4, -0.2) is 32.0 Å². The number of hydrogen-bond acceptors (Lipinski definition) is 7. The first-order valence-corrected chi connectivity index (χ1v) is 11.4. The Kier molecular flexibility index (Phi) is 6.66. The van der Waals surface area contributed by atoms with E-state index in [1.54, 1.807) is 36.0 Å². The molecule has 160 valence electrons. The Labute approximate surface area is 185 Å². The summed E-state index contributed by atoms with van der Waals surface area (Å²) in [5.74, 6) is 0.389. The van der Waals surface area contributed by atoms with E-state index in [1.165, 1.54) is 19.3 Å². The lowest BCUT2D eigenvalue weighted by Crippen LogP contribution is -2.17. The highest BCUT2D eigenvalue weighted by Crippen LogP contribution is 2.39. The summed E-state index contributed by atoms with van der Waals surface area (Å²) in [4.78, 5) is 15.8. The lowest BCUT2D eigenvalue weighted by atomic mass is 10.1. The van der Waals surface area contributed by atoms with Crippen molar-refractivity contribution < 1.29 is 14.6 Å². The Morgan fingerprint density at radius 3 is 2.68 bits per heavy atom. The van der Waals surface area contributed by atoms with Crippen molar-refractivity contribution in [1.29, 1.82) is 0 Å². The Balaban J connectivity index is 1.62. The first kappa shape index (κ1) is 21.1. The molecule has 4 rings (SSSR count). The highest BCUT2D eigenvalue weighted by Gasteiger charge is 2.26. The van der Waals surface area contributed by atoms with Gasteiger partial charge in [0.1, 0.15) is 0 Å². The standard InChI is InChI=1S/C23H24N4O3S/c1-2-3-4-7-14-31-23-25-21-19(26-27-23)17-8-5-6-9-18(17)24-20(30-21)15-10-12-16(13-11-15)22(28)29/h5-6,8-13,20,24H,2-4,7,14H2,1H3,(H,28,29). The summed E-state index contributed by atoms with van der Waals surface area (Å²) in [5.41, 5.74) is 3.32. The number of aromatic nitrogens is 3. The number of anilines is 1. The van der Waals surface area contributed by atoms with Crippen LogP contribution in [0.25, 0.3) is 11.3 Å². The largest absolute Gasteiger partial charge is 0.478 e. The van der Waals surface area contributed by atoms with Gasteiger partial charge < -0.3 is 15.2 Å². The van der Waals surface area contributed by atoms with E-state index < -0.39 is 12.2 Å². The molecule has 1 aliphatic heterocycles. The molecular weight excluding hydrogens is 412 g/mol. The topological polar surface area (TPSA) is 97.2 Å². The van der Waals surface area contributed by atoms with E-state index in [4.69, 9.17) is 9.84 Å². The van der Waals surface area contributed by atoms with E-state index in [2.05, 4.69) is 27.4 Å². The summed E-state index contributed by atoms with van der Waals surface area (Å²) in [7, 11) is 0. The number of rotatable bonds is 8. The van der Waals surface area contributed by atoms with E-state index in [0.29, 0.717) is 16.7 Å². The van der Waals surface area contributed by atoms with E-state index >= 15 is 0 Å². The number of thioether (sulfide) groups is 1. The summed E-state index contributed by atoms with van der Waals surface area (Å²) in [5, 5.41) is 21.9. The van der Waals surface area contributed by atoms with Crippen LogP contribution in [0.1, 0.15) is 54.8 Å². The lowest BCUT2D eigenvalue weighted by molar-refractivity contribution is 0.0696. The molecule has 8 heteroatoms. The maximum absolute atomic E-state index is 11.2. The molecule has 0 saturated carbocycles. The number of hydrogen-bond donors (Lipinski definition) is 2. The van der Waals surface area contributed by atoms with Crippen molar-refractivity contribution in [2.45, 2.75) is 44.0 Å². The zero-order valence-corrected chi connectivity index (χ0v) is 18.1. The van der Waals surface area contributed by atoms with Crippen LogP contribution in [0, 0.1) is 0 Å². The fraction of sp³-hybridized carbons (Fsp3) is 0.304. The van der Waals surface area contributed by atoms with Crippen LogP contribution in [0.4, 0.5) is 5.69 Å². The maximum Gasteiger partial charge on any atom is 0.335 e. The van der Waals surface area contributed by atoms with E-state index in [1.807, 2.05) is 24.3 Å². The van der Waals surface area contributed by atoms with Gasteiger partial charge in [0, 0.05) is 22.6 Å². The van der Waals surface area contributed by atoms with Crippen molar-refractivity contribution in [2.75, 3.05) is 11.1 Å². The normalized spacial score (nSPS) is 14.5. The molecule has 2 N–H and O–H groups in total. The number of benzene rings is 2. The second kappa shape index (κ2) is 9.78. The van der Waals surface area contributed by atoms with Gasteiger partial charge in [0.15, 0.2) is 11.9 Å². The zero-order valence-electron chi connectivity index (χ0n) is 17.2. The molecule has 1 aliphatic rings. The molecule has 1 atom stereocenters. The predicted molar refractivity (Wildman–Crippen MR) is 121 cm³/mol. The molecule has 0 radical (unpaired) electrons. The maximum atomic E-state index is 11.2. The third-order valence-corrected chi connectivity index (χ3v) is 5.95.